The molecule has 1 rings (SSSR count). The minimum absolute atomic E-state index is 0.0480. The summed E-state index contributed by atoms with van der Waals surface area (Å²) in [5.74, 6) is 1.18. The molecule has 19 heavy (non-hydrogen) atoms. The molecule has 1 amide bonds. The summed E-state index contributed by atoms with van der Waals surface area (Å²) < 4.78 is 15.6. The maximum atomic E-state index is 11.5. The van der Waals surface area contributed by atoms with Gasteiger partial charge < -0.3 is 19.5 Å². The first kappa shape index (κ1) is 15.3. The number of hydrogen-bond donors (Lipinski definition) is 1. The van der Waals surface area contributed by atoms with Crippen LogP contribution >= 0.6 is 0 Å². The Morgan fingerprint density at radius 3 is 2.47 bits per heavy atom. The van der Waals surface area contributed by atoms with Crippen molar-refractivity contribution in [3.8, 4) is 11.5 Å². The highest BCUT2D eigenvalue weighted by Gasteiger charge is 2.06. The van der Waals surface area contributed by atoms with Crippen LogP contribution < -0.4 is 14.8 Å². The molecule has 0 atom stereocenters. The third kappa shape index (κ3) is 5.18. The van der Waals surface area contributed by atoms with Crippen molar-refractivity contribution in [2.45, 2.75) is 26.5 Å². The van der Waals surface area contributed by atoms with Gasteiger partial charge in [-0.2, -0.15) is 0 Å². The van der Waals surface area contributed by atoms with Crippen molar-refractivity contribution in [1.29, 1.82) is 0 Å². The molecule has 0 aromatic heterocycles. The summed E-state index contributed by atoms with van der Waals surface area (Å²) in [6.07, 6.45) is 0.0480. The number of nitrogens with one attached hydrogen (secondary N) is 1. The molecule has 0 heterocycles. The average Bonchev–Trinajstić information content (AvgIpc) is 2.42. The zero-order valence-electron chi connectivity index (χ0n) is 11.9. The van der Waals surface area contributed by atoms with Gasteiger partial charge in [0.25, 0.3) is 0 Å². The van der Waals surface area contributed by atoms with E-state index in [1.165, 1.54) is 0 Å². The quantitative estimate of drug-likeness (QED) is 0.817. The van der Waals surface area contributed by atoms with E-state index >= 15 is 0 Å². The van der Waals surface area contributed by atoms with Crippen LogP contribution in [0, 0.1) is 0 Å². The van der Waals surface area contributed by atoms with Crippen LogP contribution in [0.5, 0.6) is 11.5 Å². The second kappa shape index (κ2) is 7.63. The van der Waals surface area contributed by atoms with Gasteiger partial charge in [0.15, 0.2) is 11.5 Å². The molecule has 0 saturated heterocycles. The molecule has 1 N–H and O–H groups in total. The van der Waals surface area contributed by atoms with Gasteiger partial charge >= 0.3 is 0 Å². The molecule has 0 aliphatic rings. The van der Waals surface area contributed by atoms with E-state index < -0.39 is 0 Å². The lowest BCUT2D eigenvalue weighted by molar-refractivity contribution is -0.127. The summed E-state index contributed by atoms with van der Waals surface area (Å²) >= 11 is 0. The Bertz CT molecular complexity index is 418. The molecule has 106 valence electrons. The Balaban J connectivity index is 2.51. The summed E-state index contributed by atoms with van der Waals surface area (Å²) in [6, 6.07) is 5.53. The van der Waals surface area contributed by atoms with Gasteiger partial charge in [-0.25, -0.2) is 0 Å². The van der Waals surface area contributed by atoms with Gasteiger partial charge in [0.05, 0.1) is 20.3 Å². The lowest BCUT2D eigenvalue weighted by Crippen LogP contribution is -2.28. The van der Waals surface area contributed by atoms with Crippen molar-refractivity contribution in [3.63, 3.8) is 0 Å². The summed E-state index contributed by atoms with van der Waals surface area (Å²) in [6.45, 7) is 4.29. The molecular weight excluding hydrogens is 246 g/mol. The largest absolute Gasteiger partial charge is 0.493 e. The van der Waals surface area contributed by atoms with Crippen molar-refractivity contribution in [2.75, 3.05) is 20.8 Å². The van der Waals surface area contributed by atoms with E-state index in [4.69, 9.17) is 14.2 Å². The van der Waals surface area contributed by atoms with Gasteiger partial charge in [-0.3, -0.25) is 4.79 Å². The molecule has 0 unspecified atom stereocenters. The molecule has 5 heteroatoms. The number of amides is 1. The summed E-state index contributed by atoms with van der Waals surface area (Å²) in [7, 11) is 3.17. The molecule has 0 bridgehead atoms. The number of carbonyl (C=O) groups is 1. The molecule has 0 aliphatic heterocycles. The zero-order chi connectivity index (χ0) is 14.3. The van der Waals surface area contributed by atoms with Crippen LogP contribution in [0.4, 0.5) is 0 Å². The second-order valence-corrected chi connectivity index (χ2v) is 4.33. The maximum Gasteiger partial charge on any atom is 0.246 e. The van der Waals surface area contributed by atoms with E-state index in [0.29, 0.717) is 18.0 Å². The topological polar surface area (TPSA) is 56.8 Å². The van der Waals surface area contributed by atoms with E-state index in [1.807, 2.05) is 32.0 Å². The lowest BCUT2D eigenvalue weighted by Gasteiger charge is -2.11. The zero-order valence-corrected chi connectivity index (χ0v) is 11.9. The average molecular weight is 267 g/mol. The number of ether oxygens (including phenoxy) is 3. The first-order valence-corrected chi connectivity index (χ1v) is 6.16. The Morgan fingerprint density at radius 2 is 1.89 bits per heavy atom. The number of hydrogen-bond acceptors (Lipinski definition) is 4. The van der Waals surface area contributed by atoms with E-state index in [2.05, 4.69) is 5.32 Å². The third-order valence-corrected chi connectivity index (χ3v) is 2.49. The fraction of sp³-hybridized carbons (Fsp3) is 0.500. The molecular formula is C14H21NO4. The molecule has 1 aromatic carbocycles. The van der Waals surface area contributed by atoms with Crippen LogP contribution in [-0.2, 0) is 16.1 Å². The van der Waals surface area contributed by atoms with Crippen LogP contribution in [0.15, 0.2) is 18.2 Å². The molecule has 0 aliphatic carbocycles. The minimum atomic E-state index is -0.136. The van der Waals surface area contributed by atoms with Crippen LogP contribution in [0.2, 0.25) is 0 Å². The minimum Gasteiger partial charge on any atom is -0.493 e. The highest BCUT2D eigenvalue weighted by atomic mass is 16.5. The Labute approximate surface area is 113 Å². The number of methoxy groups -OCH3 is 2. The number of carbonyl (C=O) groups excluding carboxylic acids is 1. The van der Waals surface area contributed by atoms with Crippen LogP contribution in [0.25, 0.3) is 0 Å². The highest BCUT2D eigenvalue weighted by molar-refractivity contribution is 5.77. The monoisotopic (exact) mass is 267 g/mol. The van der Waals surface area contributed by atoms with Gasteiger partial charge in [0, 0.05) is 6.54 Å². The fourth-order valence-corrected chi connectivity index (χ4v) is 1.48. The highest BCUT2D eigenvalue weighted by Crippen LogP contribution is 2.27. The summed E-state index contributed by atoms with van der Waals surface area (Å²) in [5, 5.41) is 2.78. The van der Waals surface area contributed by atoms with Gasteiger partial charge in [0.1, 0.15) is 6.61 Å². The third-order valence-electron chi connectivity index (χ3n) is 2.49. The molecule has 1 aromatic rings. The fourth-order valence-electron chi connectivity index (χ4n) is 1.48. The van der Waals surface area contributed by atoms with E-state index in [1.54, 1.807) is 14.2 Å². The van der Waals surface area contributed by atoms with Crippen molar-refractivity contribution in [1.82, 2.24) is 5.32 Å². The van der Waals surface area contributed by atoms with Gasteiger partial charge in [-0.1, -0.05) is 6.07 Å². The first-order chi connectivity index (χ1) is 9.06. The van der Waals surface area contributed by atoms with Gasteiger partial charge in [-0.15, -0.1) is 0 Å². The number of benzene rings is 1. The standard InChI is InChI=1S/C14H21NO4/c1-10(2)19-9-14(16)15-8-11-5-6-12(17-3)13(7-11)18-4/h5-7,10H,8-9H2,1-4H3,(H,15,16). The SMILES string of the molecule is COc1ccc(CNC(=O)COC(C)C)cc1OC. The van der Waals surface area contributed by atoms with Crippen LogP contribution in [-0.4, -0.2) is 32.8 Å². The number of rotatable bonds is 7. The normalized spacial score (nSPS) is 10.4. The maximum absolute atomic E-state index is 11.5. The molecule has 0 saturated carbocycles. The second-order valence-electron chi connectivity index (χ2n) is 4.33. The Morgan fingerprint density at radius 1 is 1.21 bits per heavy atom. The Kier molecular flexibility index (Phi) is 6.15. The Hall–Kier alpha value is -1.75. The lowest BCUT2D eigenvalue weighted by atomic mass is 10.2. The van der Waals surface area contributed by atoms with Crippen molar-refractivity contribution in [3.05, 3.63) is 23.8 Å². The molecule has 0 fully saturated rings. The predicted octanol–water partition coefficient (Wildman–Crippen LogP) is 1.74. The molecule has 5 nitrogen and oxygen atoms in total. The van der Waals surface area contributed by atoms with Crippen molar-refractivity contribution >= 4 is 5.91 Å². The van der Waals surface area contributed by atoms with E-state index in [0.717, 1.165) is 5.56 Å². The van der Waals surface area contributed by atoms with Gasteiger partial charge in [0.2, 0.25) is 5.91 Å². The van der Waals surface area contributed by atoms with Crippen molar-refractivity contribution in [2.24, 2.45) is 0 Å². The molecule has 0 radical (unpaired) electrons. The van der Waals surface area contributed by atoms with Gasteiger partial charge in [-0.05, 0) is 31.5 Å². The summed E-state index contributed by atoms with van der Waals surface area (Å²) in [4.78, 5) is 11.5. The summed E-state index contributed by atoms with van der Waals surface area (Å²) in [5.41, 5.74) is 0.940. The predicted molar refractivity (Wildman–Crippen MR) is 72.5 cm³/mol. The van der Waals surface area contributed by atoms with E-state index in [9.17, 15) is 4.79 Å². The van der Waals surface area contributed by atoms with Crippen LogP contribution in [0.1, 0.15) is 19.4 Å². The molecule has 0 spiro atoms. The smallest absolute Gasteiger partial charge is 0.246 e. The van der Waals surface area contributed by atoms with Crippen molar-refractivity contribution < 1.29 is 19.0 Å². The first-order valence-electron chi connectivity index (χ1n) is 6.16. The van der Waals surface area contributed by atoms with Crippen LogP contribution in [0.3, 0.4) is 0 Å². The van der Waals surface area contributed by atoms with E-state index in [-0.39, 0.29) is 18.6 Å².